The van der Waals surface area contributed by atoms with Gasteiger partial charge < -0.3 is 15.8 Å². The maximum atomic E-state index is 13.1. The summed E-state index contributed by atoms with van der Waals surface area (Å²) in [5.41, 5.74) is 10.3. The number of rotatable bonds is 6. The van der Waals surface area contributed by atoms with Gasteiger partial charge in [-0.05, 0) is 67.8 Å². The average molecular weight is 547 g/mol. The summed E-state index contributed by atoms with van der Waals surface area (Å²) in [6.07, 6.45) is 1.42. The van der Waals surface area contributed by atoms with E-state index in [-0.39, 0.29) is 16.1 Å². The van der Waals surface area contributed by atoms with E-state index in [1.807, 2.05) is 39.0 Å². The molecule has 4 N–H and O–H groups in total. The summed E-state index contributed by atoms with van der Waals surface area (Å²) in [5, 5.41) is 10.9. The van der Waals surface area contributed by atoms with Gasteiger partial charge in [-0.15, -0.1) is 0 Å². The summed E-state index contributed by atoms with van der Waals surface area (Å²) < 4.78 is 7.58. The normalized spacial score (nSPS) is 11.3. The van der Waals surface area contributed by atoms with Gasteiger partial charge >= 0.3 is 6.03 Å². The van der Waals surface area contributed by atoms with Gasteiger partial charge in [0, 0.05) is 29.4 Å². The number of nitrogens with two attached hydrogens (primary N) is 1. The number of amides is 3. The molecule has 0 radical (unpaired) electrons. The second-order valence-electron chi connectivity index (χ2n) is 10.4. The molecule has 9 nitrogen and oxygen atoms in total. The first kappa shape index (κ1) is 27.7. The molecule has 2 aromatic carbocycles. The second-order valence-corrected chi connectivity index (χ2v) is 10.8. The number of hydrogen-bond donors (Lipinski definition) is 3. The third-order valence-electron chi connectivity index (χ3n) is 5.91. The predicted molar refractivity (Wildman–Crippen MR) is 153 cm³/mol. The van der Waals surface area contributed by atoms with Gasteiger partial charge in [0.1, 0.15) is 23.0 Å². The molecule has 0 aliphatic carbocycles. The van der Waals surface area contributed by atoms with Crippen LogP contribution in [0.1, 0.15) is 53.6 Å². The number of aryl methyl sites for hydroxylation is 3. The number of carbonyl (C=O) groups is 2. The highest BCUT2D eigenvalue weighted by atomic mass is 35.5. The van der Waals surface area contributed by atoms with Crippen LogP contribution in [0.3, 0.4) is 0 Å². The number of urea groups is 1. The Kier molecular flexibility index (Phi) is 7.65. The molecule has 0 atom stereocenters. The van der Waals surface area contributed by atoms with E-state index in [2.05, 4.69) is 42.5 Å². The number of nitrogens with zero attached hydrogens (tertiary/aromatic N) is 3. The number of pyridine rings is 1. The van der Waals surface area contributed by atoms with Crippen LogP contribution in [0.2, 0.25) is 5.02 Å². The molecule has 3 amide bonds. The number of anilines is 2. The Morgan fingerprint density at radius 2 is 1.67 bits per heavy atom. The van der Waals surface area contributed by atoms with Crippen LogP contribution in [0.15, 0.2) is 54.7 Å². The molecular formula is C29H31ClN6O3. The lowest BCUT2D eigenvalue weighted by Gasteiger charge is -2.15. The first-order chi connectivity index (χ1) is 18.3. The number of primary amides is 1. The maximum absolute atomic E-state index is 13.1. The molecule has 202 valence electrons. The van der Waals surface area contributed by atoms with Crippen molar-refractivity contribution in [3.63, 3.8) is 0 Å². The number of hydrogen-bond acceptors (Lipinski definition) is 5. The Balaban J connectivity index is 1.57. The summed E-state index contributed by atoms with van der Waals surface area (Å²) in [6, 6.07) is 13.9. The molecule has 0 unspecified atom stereocenters. The van der Waals surface area contributed by atoms with Crippen LogP contribution in [-0.4, -0.2) is 26.7 Å². The minimum atomic E-state index is -0.665. The van der Waals surface area contributed by atoms with Crippen LogP contribution in [-0.2, 0) is 5.41 Å². The molecule has 0 saturated heterocycles. The van der Waals surface area contributed by atoms with E-state index in [1.54, 1.807) is 22.9 Å². The van der Waals surface area contributed by atoms with Crippen molar-refractivity contribution in [1.82, 2.24) is 14.8 Å². The van der Waals surface area contributed by atoms with Crippen LogP contribution in [0, 0.1) is 20.8 Å². The molecule has 10 heteroatoms. The Morgan fingerprint density at radius 1 is 0.974 bits per heavy atom. The van der Waals surface area contributed by atoms with Crippen molar-refractivity contribution in [2.45, 2.75) is 47.0 Å². The van der Waals surface area contributed by atoms with Gasteiger partial charge in [-0.25, -0.2) is 9.48 Å². The molecule has 0 spiro atoms. The Bertz CT molecular complexity index is 1550. The SMILES string of the molecule is Cc1cc(C)cc(-n2nc(C(C)(C)C)cc2NC(=O)Nc2cc(Cl)c(Oc3ccnc(C(N)=O)c3)cc2C)c1. The highest BCUT2D eigenvalue weighted by Gasteiger charge is 2.22. The van der Waals surface area contributed by atoms with Crippen LogP contribution >= 0.6 is 11.6 Å². The van der Waals surface area contributed by atoms with E-state index in [0.29, 0.717) is 28.6 Å². The fourth-order valence-electron chi connectivity index (χ4n) is 3.98. The summed E-state index contributed by atoms with van der Waals surface area (Å²) in [6.45, 7) is 12.1. The van der Waals surface area contributed by atoms with E-state index in [1.165, 1.54) is 12.3 Å². The molecule has 0 aliphatic heterocycles. The lowest BCUT2D eigenvalue weighted by atomic mass is 9.92. The van der Waals surface area contributed by atoms with E-state index >= 15 is 0 Å². The molecular weight excluding hydrogens is 516 g/mol. The van der Waals surface area contributed by atoms with Crippen molar-refractivity contribution >= 4 is 35.0 Å². The predicted octanol–water partition coefficient (Wildman–Crippen LogP) is 6.68. The van der Waals surface area contributed by atoms with Gasteiger partial charge in [0.25, 0.3) is 5.91 Å². The van der Waals surface area contributed by atoms with E-state index in [4.69, 9.17) is 27.2 Å². The summed E-state index contributed by atoms with van der Waals surface area (Å²) in [5.74, 6) is 0.577. The first-order valence-electron chi connectivity index (χ1n) is 12.3. The molecule has 4 aromatic rings. The highest BCUT2D eigenvalue weighted by molar-refractivity contribution is 6.32. The van der Waals surface area contributed by atoms with Gasteiger partial charge in [0.05, 0.1) is 16.4 Å². The third kappa shape index (κ3) is 6.56. The monoisotopic (exact) mass is 546 g/mol. The molecule has 0 aliphatic rings. The topological polar surface area (TPSA) is 124 Å². The second kappa shape index (κ2) is 10.8. The molecule has 4 rings (SSSR count). The summed E-state index contributed by atoms with van der Waals surface area (Å²) in [4.78, 5) is 28.4. The molecule has 39 heavy (non-hydrogen) atoms. The lowest BCUT2D eigenvalue weighted by molar-refractivity contribution is 0.0995. The van der Waals surface area contributed by atoms with E-state index < -0.39 is 11.9 Å². The lowest BCUT2D eigenvalue weighted by Crippen LogP contribution is -2.22. The number of aromatic nitrogens is 3. The van der Waals surface area contributed by atoms with Crippen molar-refractivity contribution in [1.29, 1.82) is 0 Å². The zero-order valence-electron chi connectivity index (χ0n) is 22.7. The Labute approximate surface area is 232 Å². The third-order valence-corrected chi connectivity index (χ3v) is 6.20. The largest absolute Gasteiger partial charge is 0.456 e. The smallest absolute Gasteiger partial charge is 0.324 e. The van der Waals surface area contributed by atoms with Crippen molar-refractivity contribution in [2.24, 2.45) is 5.73 Å². The molecule has 2 aromatic heterocycles. The van der Waals surface area contributed by atoms with Crippen molar-refractivity contribution in [3.05, 3.63) is 87.8 Å². The fourth-order valence-corrected chi connectivity index (χ4v) is 4.18. The first-order valence-corrected chi connectivity index (χ1v) is 12.7. The van der Waals surface area contributed by atoms with Gasteiger partial charge in [0.15, 0.2) is 0 Å². The number of nitrogens with one attached hydrogen (secondary N) is 2. The standard InChI is InChI=1S/C29H31ClN6O3/c1-16-9-17(2)11-19(10-16)36-26(15-25(35-36)29(4,5)6)34-28(38)33-22-14-21(30)24(12-18(22)3)39-20-7-8-32-23(13-20)27(31)37/h7-15H,1-6H3,(H2,31,37)(H2,33,34,38). The Morgan fingerprint density at radius 3 is 2.31 bits per heavy atom. The molecule has 2 heterocycles. The van der Waals surface area contributed by atoms with Crippen LogP contribution < -0.4 is 21.1 Å². The number of benzene rings is 2. The van der Waals surface area contributed by atoms with E-state index in [0.717, 1.165) is 22.5 Å². The Hall–Kier alpha value is -4.37. The highest BCUT2D eigenvalue weighted by Crippen LogP contribution is 2.34. The van der Waals surface area contributed by atoms with Crippen molar-refractivity contribution in [3.8, 4) is 17.2 Å². The number of ether oxygens (including phenoxy) is 1. The van der Waals surface area contributed by atoms with Crippen molar-refractivity contribution in [2.75, 3.05) is 10.6 Å². The molecule has 0 fully saturated rings. The summed E-state index contributed by atoms with van der Waals surface area (Å²) in [7, 11) is 0. The average Bonchev–Trinajstić information content (AvgIpc) is 3.26. The van der Waals surface area contributed by atoms with Crippen LogP contribution in [0.5, 0.6) is 11.5 Å². The van der Waals surface area contributed by atoms with Crippen molar-refractivity contribution < 1.29 is 14.3 Å². The number of carbonyl (C=O) groups excluding carboxylic acids is 2. The molecule has 0 bridgehead atoms. The van der Waals surface area contributed by atoms with Crippen LogP contribution in [0.4, 0.5) is 16.3 Å². The summed E-state index contributed by atoms with van der Waals surface area (Å²) >= 11 is 6.47. The zero-order valence-corrected chi connectivity index (χ0v) is 23.5. The quantitative estimate of drug-likeness (QED) is 0.249. The molecule has 0 saturated carbocycles. The number of halogens is 1. The van der Waals surface area contributed by atoms with Gasteiger partial charge in [-0.2, -0.15) is 5.10 Å². The minimum absolute atomic E-state index is 0.0741. The maximum Gasteiger partial charge on any atom is 0.324 e. The van der Waals surface area contributed by atoms with Gasteiger partial charge in [0.2, 0.25) is 0 Å². The van der Waals surface area contributed by atoms with Crippen LogP contribution in [0.25, 0.3) is 5.69 Å². The zero-order chi connectivity index (χ0) is 28.5. The van der Waals surface area contributed by atoms with Gasteiger partial charge in [-0.1, -0.05) is 38.4 Å². The minimum Gasteiger partial charge on any atom is -0.456 e. The van der Waals surface area contributed by atoms with E-state index in [9.17, 15) is 9.59 Å². The van der Waals surface area contributed by atoms with Gasteiger partial charge in [-0.3, -0.25) is 15.1 Å². The fraction of sp³-hybridized carbons (Fsp3) is 0.241.